The molecule has 3 nitrogen and oxygen atoms in total. The Bertz CT molecular complexity index is 508. The van der Waals surface area contributed by atoms with Gasteiger partial charge in [-0.3, -0.25) is 0 Å². The summed E-state index contributed by atoms with van der Waals surface area (Å²) in [6.07, 6.45) is 5.24. The molecule has 1 fully saturated rings. The first kappa shape index (κ1) is 13.9. The van der Waals surface area contributed by atoms with Gasteiger partial charge < -0.3 is 9.84 Å². The van der Waals surface area contributed by atoms with Crippen LogP contribution in [0.3, 0.4) is 0 Å². The van der Waals surface area contributed by atoms with E-state index in [9.17, 15) is 4.79 Å². The number of carboxylic acids is 1. The normalized spacial score (nSPS) is 21.4. The quantitative estimate of drug-likeness (QED) is 0.851. The van der Waals surface area contributed by atoms with Gasteiger partial charge in [0.05, 0.1) is 7.11 Å². The van der Waals surface area contributed by atoms with Crippen LogP contribution in [0.1, 0.15) is 37.2 Å². The summed E-state index contributed by atoms with van der Waals surface area (Å²) in [5, 5.41) is 9.63. The van der Waals surface area contributed by atoms with E-state index in [-0.39, 0.29) is 5.92 Å². The number of aliphatic carboxylic acids is 1. The number of hydrogen-bond donors (Lipinski definition) is 1. The molecule has 1 atom stereocenters. The number of ether oxygens (including phenoxy) is 1. The maximum Gasteiger partial charge on any atom is 0.328 e. The molecule has 0 aromatic heterocycles. The van der Waals surface area contributed by atoms with Crippen molar-refractivity contribution in [2.75, 3.05) is 7.11 Å². The Morgan fingerprint density at radius 3 is 2.95 bits per heavy atom. The number of carboxylic acid groups (broad SMARTS) is 1. The average Bonchev–Trinajstić information content (AvgIpc) is 2.38. The Morgan fingerprint density at radius 1 is 1.47 bits per heavy atom. The molecule has 0 spiro atoms. The van der Waals surface area contributed by atoms with Gasteiger partial charge in [-0.15, -0.1) is 0 Å². The fraction of sp³-hybridized carbons (Fsp3) is 0.400. The molecule has 19 heavy (non-hydrogen) atoms. The van der Waals surface area contributed by atoms with Gasteiger partial charge in [-0.2, -0.15) is 0 Å². The fourth-order valence-corrected chi connectivity index (χ4v) is 2.88. The van der Waals surface area contributed by atoms with Crippen LogP contribution in [0.5, 0.6) is 5.75 Å². The van der Waals surface area contributed by atoms with E-state index in [2.05, 4.69) is 0 Å². The van der Waals surface area contributed by atoms with Crippen LogP contribution in [0.25, 0.3) is 0 Å². The van der Waals surface area contributed by atoms with Crippen molar-refractivity contribution in [2.24, 2.45) is 0 Å². The lowest BCUT2D eigenvalue weighted by molar-refractivity contribution is -0.131. The van der Waals surface area contributed by atoms with Crippen molar-refractivity contribution in [1.29, 1.82) is 0 Å². The zero-order chi connectivity index (χ0) is 13.8. The molecule has 0 saturated heterocycles. The summed E-state index contributed by atoms with van der Waals surface area (Å²) >= 11 is 6.06. The smallest absolute Gasteiger partial charge is 0.328 e. The molecule has 1 aliphatic carbocycles. The van der Waals surface area contributed by atoms with Crippen LogP contribution in [-0.4, -0.2) is 18.2 Å². The fourth-order valence-electron chi connectivity index (χ4n) is 2.70. The minimum absolute atomic E-state index is 0.0958. The lowest BCUT2D eigenvalue weighted by Crippen LogP contribution is -2.11. The second-order valence-corrected chi connectivity index (χ2v) is 5.18. The molecule has 0 bridgehead atoms. The van der Waals surface area contributed by atoms with E-state index in [1.54, 1.807) is 13.2 Å². The predicted octanol–water partition coefficient (Wildman–Crippen LogP) is 4.02. The van der Waals surface area contributed by atoms with Crippen LogP contribution in [0.15, 0.2) is 29.8 Å². The molecule has 1 aromatic rings. The van der Waals surface area contributed by atoms with Gasteiger partial charge in [-0.25, -0.2) is 4.79 Å². The molecule has 102 valence electrons. The Hall–Kier alpha value is -1.48. The van der Waals surface area contributed by atoms with Crippen LogP contribution in [-0.2, 0) is 4.79 Å². The highest BCUT2D eigenvalue weighted by Crippen LogP contribution is 2.41. The third-order valence-corrected chi connectivity index (χ3v) is 3.77. The first-order valence-corrected chi connectivity index (χ1v) is 6.76. The second kappa shape index (κ2) is 6.11. The lowest BCUT2D eigenvalue weighted by atomic mass is 9.79. The topological polar surface area (TPSA) is 46.5 Å². The summed E-state index contributed by atoms with van der Waals surface area (Å²) in [7, 11) is 1.62. The van der Waals surface area contributed by atoms with Crippen molar-refractivity contribution in [2.45, 2.75) is 31.6 Å². The zero-order valence-corrected chi connectivity index (χ0v) is 11.6. The number of methoxy groups -OCH3 is 1. The number of halogens is 1. The summed E-state index contributed by atoms with van der Waals surface area (Å²) in [6.45, 7) is 0. The molecule has 2 rings (SSSR count). The highest BCUT2D eigenvalue weighted by molar-refractivity contribution is 6.30. The Kier molecular flexibility index (Phi) is 4.48. The zero-order valence-electron chi connectivity index (χ0n) is 10.9. The summed E-state index contributed by atoms with van der Waals surface area (Å²) in [5.74, 6) is -0.0195. The lowest BCUT2D eigenvalue weighted by Gasteiger charge is -2.27. The van der Waals surface area contributed by atoms with Gasteiger partial charge in [0.15, 0.2) is 0 Å². The summed E-state index contributed by atoms with van der Waals surface area (Å²) < 4.78 is 5.37. The SMILES string of the molecule is COc1ccc(Cl)cc1C1CCCC/C1=C\C(=O)O. The van der Waals surface area contributed by atoms with Crippen molar-refractivity contribution in [3.05, 3.63) is 40.4 Å². The second-order valence-electron chi connectivity index (χ2n) is 4.74. The molecule has 1 unspecified atom stereocenters. The van der Waals surface area contributed by atoms with Crippen molar-refractivity contribution in [3.63, 3.8) is 0 Å². The molecule has 0 heterocycles. The Balaban J connectivity index is 2.42. The van der Waals surface area contributed by atoms with Crippen molar-refractivity contribution in [1.82, 2.24) is 0 Å². The van der Waals surface area contributed by atoms with E-state index in [4.69, 9.17) is 21.4 Å². The molecular weight excluding hydrogens is 264 g/mol. The first-order valence-electron chi connectivity index (χ1n) is 6.38. The van der Waals surface area contributed by atoms with Crippen LogP contribution in [0.2, 0.25) is 5.02 Å². The number of rotatable bonds is 3. The van der Waals surface area contributed by atoms with Gasteiger partial charge in [0.2, 0.25) is 0 Å². The molecule has 1 saturated carbocycles. The van der Waals surface area contributed by atoms with E-state index in [1.165, 1.54) is 6.08 Å². The highest BCUT2D eigenvalue weighted by Gasteiger charge is 2.24. The number of hydrogen-bond acceptors (Lipinski definition) is 2. The van der Waals surface area contributed by atoms with Crippen LogP contribution >= 0.6 is 11.6 Å². The monoisotopic (exact) mass is 280 g/mol. The molecule has 1 N–H and O–H groups in total. The van der Waals surface area contributed by atoms with E-state index in [0.717, 1.165) is 42.6 Å². The van der Waals surface area contributed by atoms with Crippen LogP contribution in [0.4, 0.5) is 0 Å². The standard InChI is InChI=1S/C15H17ClO3/c1-19-14-7-6-11(16)9-13(14)12-5-3-2-4-10(12)8-15(17)18/h6-9,12H,2-5H2,1H3,(H,17,18)/b10-8+. The van der Waals surface area contributed by atoms with E-state index in [0.29, 0.717) is 5.02 Å². The van der Waals surface area contributed by atoms with Gasteiger partial charge in [0.25, 0.3) is 0 Å². The third-order valence-electron chi connectivity index (χ3n) is 3.53. The molecule has 1 aromatic carbocycles. The van der Waals surface area contributed by atoms with E-state index < -0.39 is 5.97 Å². The molecule has 4 heteroatoms. The van der Waals surface area contributed by atoms with Crippen molar-refractivity contribution < 1.29 is 14.6 Å². The maximum absolute atomic E-state index is 10.9. The van der Waals surface area contributed by atoms with Gasteiger partial charge in [0, 0.05) is 22.6 Å². The summed E-state index contributed by atoms with van der Waals surface area (Å²) in [6, 6.07) is 5.50. The van der Waals surface area contributed by atoms with Gasteiger partial charge in [0.1, 0.15) is 5.75 Å². The highest BCUT2D eigenvalue weighted by atomic mass is 35.5. The van der Waals surface area contributed by atoms with Gasteiger partial charge in [-0.05, 0) is 37.5 Å². The van der Waals surface area contributed by atoms with E-state index in [1.807, 2.05) is 12.1 Å². The molecule has 1 aliphatic rings. The predicted molar refractivity (Wildman–Crippen MR) is 74.9 cm³/mol. The molecule has 0 amide bonds. The maximum atomic E-state index is 10.9. The van der Waals surface area contributed by atoms with Crippen molar-refractivity contribution >= 4 is 17.6 Å². The summed E-state index contributed by atoms with van der Waals surface area (Å²) in [5.41, 5.74) is 1.95. The van der Waals surface area contributed by atoms with Gasteiger partial charge >= 0.3 is 5.97 Å². The molecular formula is C15H17ClO3. The minimum Gasteiger partial charge on any atom is -0.496 e. The number of allylic oxidation sites excluding steroid dienone is 1. The number of benzene rings is 1. The van der Waals surface area contributed by atoms with Crippen LogP contribution in [0, 0.1) is 0 Å². The molecule has 0 aliphatic heterocycles. The third kappa shape index (κ3) is 3.29. The first-order chi connectivity index (χ1) is 9.11. The van der Waals surface area contributed by atoms with Crippen molar-refractivity contribution in [3.8, 4) is 5.75 Å². The van der Waals surface area contributed by atoms with Crippen LogP contribution < -0.4 is 4.74 Å². The minimum atomic E-state index is -0.886. The largest absolute Gasteiger partial charge is 0.496 e. The van der Waals surface area contributed by atoms with Gasteiger partial charge in [-0.1, -0.05) is 23.6 Å². The Morgan fingerprint density at radius 2 is 2.26 bits per heavy atom. The Labute approximate surface area is 117 Å². The van der Waals surface area contributed by atoms with E-state index >= 15 is 0 Å². The number of carbonyl (C=O) groups is 1. The molecule has 0 radical (unpaired) electrons. The summed E-state index contributed by atoms with van der Waals surface area (Å²) in [4.78, 5) is 10.9. The average molecular weight is 281 g/mol.